The van der Waals surface area contributed by atoms with E-state index in [0.29, 0.717) is 17.6 Å². The van der Waals surface area contributed by atoms with Crippen molar-refractivity contribution < 1.29 is 4.79 Å². The lowest BCUT2D eigenvalue weighted by Crippen LogP contribution is -2.32. The minimum absolute atomic E-state index is 0.234. The molecule has 1 saturated heterocycles. The summed E-state index contributed by atoms with van der Waals surface area (Å²) < 4.78 is 0. The smallest absolute Gasteiger partial charge is 0.137 e. The van der Waals surface area contributed by atoms with Gasteiger partial charge in [0, 0.05) is 32.0 Å². The molecule has 0 amide bonds. The molecular weight excluding hydrogens is 282 g/mol. The van der Waals surface area contributed by atoms with Crippen LogP contribution in [0.1, 0.15) is 29.9 Å². The quantitative estimate of drug-likeness (QED) is 0.857. The van der Waals surface area contributed by atoms with Crippen LogP contribution in [0.2, 0.25) is 0 Å². The van der Waals surface area contributed by atoms with Gasteiger partial charge in [-0.3, -0.25) is 9.69 Å². The van der Waals surface area contributed by atoms with Gasteiger partial charge in [-0.15, -0.1) is 0 Å². The van der Waals surface area contributed by atoms with Crippen molar-refractivity contribution in [3.63, 3.8) is 0 Å². The topological polar surface area (TPSA) is 20.3 Å². The highest BCUT2D eigenvalue weighted by Gasteiger charge is 2.44. The summed E-state index contributed by atoms with van der Waals surface area (Å²) in [5.41, 5.74) is 2.76. The first kappa shape index (κ1) is 14.6. The van der Waals surface area contributed by atoms with E-state index in [0.717, 1.165) is 32.5 Å². The van der Waals surface area contributed by atoms with Crippen LogP contribution in [0.5, 0.6) is 0 Å². The first-order valence-electron chi connectivity index (χ1n) is 8.65. The van der Waals surface area contributed by atoms with Gasteiger partial charge in [0.05, 0.1) is 0 Å². The van der Waals surface area contributed by atoms with Gasteiger partial charge in [-0.1, -0.05) is 60.7 Å². The van der Waals surface area contributed by atoms with Crippen molar-refractivity contribution in [3.8, 4) is 0 Å². The number of ketones is 1. The molecule has 1 aliphatic carbocycles. The number of hydrogen-bond acceptors (Lipinski definition) is 2. The number of benzene rings is 2. The van der Waals surface area contributed by atoms with Gasteiger partial charge >= 0.3 is 0 Å². The van der Waals surface area contributed by atoms with E-state index in [1.54, 1.807) is 0 Å². The largest absolute Gasteiger partial charge is 0.299 e. The third-order valence-corrected chi connectivity index (χ3v) is 5.55. The van der Waals surface area contributed by atoms with Crippen molar-refractivity contribution in [3.05, 3.63) is 71.8 Å². The summed E-state index contributed by atoms with van der Waals surface area (Å²) in [6.07, 6.45) is 1.77. The molecule has 0 aromatic heterocycles. The predicted octanol–water partition coefficient (Wildman–Crippen LogP) is 3.88. The molecule has 0 spiro atoms. The number of likely N-dealkylation sites (tertiary alicyclic amines) is 1. The summed E-state index contributed by atoms with van der Waals surface area (Å²) in [6, 6.07) is 21.4. The minimum Gasteiger partial charge on any atom is -0.299 e. The van der Waals surface area contributed by atoms with Crippen LogP contribution in [-0.2, 0) is 11.3 Å². The van der Waals surface area contributed by atoms with Crippen LogP contribution in [0.15, 0.2) is 60.7 Å². The summed E-state index contributed by atoms with van der Waals surface area (Å²) in [4.78, 5) is 14.9. The van der Waals surface area contributed by atoms with Crippen molar-refractivity contribution in [1.29, 1.82) is 0 Å². The van der Waals surface area contributed by atoms with E-state index in [-0.39, 0.29) is 5.92 Å². The summed E-state index contributed by atoms with van der Waals surface area (Å²) in [7, 11) is 0. The molecule has 118 valence electrons. The van der Waals surface area contributed by atoms with E-state index in [9.17, 15) is 4.79 Å². The van der Waals surface area contributed by atoms with Crippen molar-refractivity contribution in [2.45, 2.75) is 25.3 Å². The maximum Gasteiger partial charge on any atom is 0.137 e. The highest BCUT2D eigenvalue weighted by molar-refractivity contribution is 5.83. The number of carbonyl (C=O) groups is 1. The average molecular weight is 305 g/mol. The Balaban J connectivity index is 1.53. The van der Waals surface area contributed by atoms with E-state index < -0.39 is 0 Å². The van der Waals surface area contributed by atoms with E-state index in [1.165, 1.54) is 11.1 Å². The Morgan fingerprint density at radius 2 is 1.57 bits per heavy atom. The highest BCUT2D eigenvalue weighted by atomic mass is 16.1. The third kappa shape index (κ3) is 2.96. The maximum absolute atomic E-state index is 12.4. The molecule has 2 aromatic rings. The first-order chi connectivity index (χ1) is 11.3. The lowest BCUT2D eigenvalue weighted by Gasteiger charge is -2.32. The Kier molecular flexibility index (Phi) is 4.00. The number of fused-ring (bicyclic) bond motifs is 1. The number of rotatable bonds is 3. The van der Waals surface area contributed by atoms with Crippen LogP contribution in [0.4, 0.5) is 0 Å². The first-order valence-corrected chi connectivity index (χ1v) is 8.65. The Morgan fingerprint density at radius 1 is 0.870 bits per heavy atom. The van der Waals surface area contributed by atoms with Gasteiger partial charge in [-0.05, 0) is 29.4 Å². The fourth-order valence-corrected chi connectivity index (χ4v) is 4.44. The fourth-order valence-electron chi connectivity index (χ4n) is 4.44. The summed E-state index contributed by atoms with van der Waals surface area (Å²) >= 11 is 0. The molecule has 0 radical (unpaired) electrons. The summed E-state index contributed by atoms with van der Waals surface area (Å²) in [5.74, 6) is 1.75. The molecule has 23 heavy (non-hydrogen) atoms. The van der Waals surface area contributed by atoms with Gasteiger partial charge in [0.1, 0.15) is 5.78 Å². The van der Waals surface area contributed by atoms with E-state index in [1.807, 2.05) is 0 Å². The second-order valence-electron chi connectivity index (χ2n) is 6.97. The molecular formula is C21H23NO. The van der Waals surface area contributed by atoms with Gasteiger partial charge in [-0.25, -0.2) is 0 Å². The van der Waals surface area contributed by atoms with Gasteiger partial charge in [0.25, 0.3) is 0 Å². The van der Waals surface area contributed by atoms with Crippen molar-refractivity contribution >= 4 is 5.78 Å². The van der Waals surface area contributed by atoms with Crippen LogP contribution in [0.25, 0.3) is 0 Å². The molecule has 1 heterocycles. The van der Waals surface area contributed by atoms with Crippen LogP contribution >= 0.6 is 0 Å². The molecule has 4 rings (SSSR count). The van der Waals surface area contributed by atoms with Crippen molar-refractivity contribution in [1.82, 2.24) is 4.90 Å². The Labute approximate surface area is 138 Å². The molecule has 3 unspecified atom stereocenters. The van der Waals surface area contributed by atoms with Gasteiger partial charge in [0.15, 0.2) is 0 Å². The molecule has 2 nitrogen and oxygen atoms in total. The van der Waals surface area contributed by atoms with E-state index in [2.05, 4.69) is 65.6 Å². The Morgan fingerprint density at radius 3 is 2.30 bits per heavy atom. The molecule has 1 aliphatic heterocycles. The zero-order valence-electron chi connectivity index (χ0n) is 13.4. The lowest BCUT2D eigenvalue weighted by molar-refractivity contribution is -0.125. The molecule has 2 aliphatic rings. The molecule has 3 atom stereocenters. The van der Waals surface area contributed by atoms with E-state index in [4.69, 9.17) is 0 Å². The molecule has 1 saturated carbocycles. The average Bonchev–Trinajstić information content (AvgIpc) is 3.01. The third-order valence-electron chi connectivity index (χ3n) is 5.55. The van der Waals surface area contributed by atoms with Crippen molar-refractivity contribution in [2.75, 3.05) is 13.1 Å². The molecule has 2 heteroatoms. The molecule has 0 bridgehead atoms. The molecule has 0 N–H and O–H groups in total. The number of nitrogens with zero attached hydrogens (tertiary/aromatic N) is 1. The second-order valence-corrected chi connectivity index (χ2v) is 6.97. The normalized spacial score (nSPS) is 27.8. The monoisotopic (exact) mass is 305 g/mol. The van der Waals surface area contributed by atoms with Gasteiger partial charge < -0.3 is 0 Å². The van der Waals surface area contributed by atoms with Crippen LogP contribution in [0, 0.1) is 11.8 Å². The maximum atomic E-state index is 12.4. The van der Waals surface area contributed by atoms with Crippen LogP contribution < -0.4 is 0 Å². The zero-order valence-corrected chi connectivity index (χ0v) is 13.4. The van der Waals surface area contributed by atoms with Gasteiger partial charge in [-0.2, -0.15) is 0 Å². The summed E-state index contributed by atoms with van der Waals surface area (Å²) in [5, 5.41) is 0. The number of Topliss-reactive ketones (excluding diaryl/α,β-unsaturated/α-hetero) is 1. The standard InChI is InChI=1S/C21H23NO/c23-21-12-11-18(17-9-5-2-6-10-17)19-14-22(15-20(19)21)13-16-7-3-1-4-8-16/h1-10,18-20H,11-15H2. The Bertz CT molecular complexity index is 667. The number of hydrogen-bond donors (Lipinski definition) is 0. The SMILES string of the molecule is O=C1CCC(c2ccccc2)C2CN(Cc3ccccc3)CC12. The summed E-state index contributed by atoms with van der Waals surface area (Å²) in [6.45, 7) is 2.94. The predicted molar refractivity (Wildman–Crippen MR) is 92.1 cm³/mol. The highest BCUT2D eigenvalue weighted by Crippen LogP contribution is 2.43. The zero-order chi connectivity index (χ0) is 15.6. The number of carbonyl (C=O) groups excluding carboxylic acids is 1. The minimum atomic E-state index is 0.234. The van der Waals surface area contributed by atoms with E-state index >= 15 is 0 Å². The van der Waals surface area contributed by atoms with Crippen LogP contribution in [0.3, 0.4) is 0 Å². The van der Waals surface area contributed by atoms with Gasteiger partial charge in [0.2, 0.25) is 0 Å². The van der Waals surface area contributed by atoms with Crippen LogP contribution in [-0.4, -0.2) is 23.8 Å². The Hall–Kier alpha value is -1.93. The molecule has 2 aromatic carbocycles. The lowest BCUT2D eigenvalue weighted by atomic mass is 9.70. The molecule has 2 fully saturated rings. The second kappa shape index (κ2) is 6.29. The van der Waals surface area contributed by atoms with Crippen molar-refractivity contribution in [2.24, 2.45) is 11.8 Å². The fraction of sp³-hybridized carbons (Fsp3) is 0.381.